The predicted molar refractivity (Wildman–Crippen MR) is 71.1 cm³/mol. The lowest BCUT2D eigenvalue weighted by molar-refractivity contribution is -0.118. The average Bonchev–Trinajstić information content (AvgIpc) is 2.36. The molecule has 0 bridgehead atoms. The Morgan fingerprint density at radius 2 is 2.00 bits per heavy atom. The number of amides is 1. The first-order valence-corrected chi connectivity index (χ1v) is 7.51. The number of hydrogen-bond acceptors (Lipinski definition) is 4. The summed E-state index contributed by atoms with van der Waals surface area (Å²) < 4.78 is 24.8. The number of rotatable bonds is 2. The van der Waals surface area contributed by atoms with Crippen LogP contribution in [0.2, 0.25) is 0 Å². The van der Waals surface area contributed by atoms with Gasteiger partial charge in [-0.15, -0.1) is 0 Å². The summed E-state index contributed by atoms with van der Waals surface area (Å²) in [5.74, 6) is -0.629. The van der Waals surface area contributed by atoms with Crippen molar-refractivity contribution in [3.8, 4) is 0 Å². The number of carbonyl (C=O) groups is 2. The summed E-state index contributed by atoms with van der Waals surface area (Å²) in [6.07, 6.45) is 0.218. The van der Waals surface area contributed by atoms with Crippen molar-refractivity contribution in [2.45, 2.75) is 30.4 Å². The van der Waals surface area contributed by atoms with E-state index < -0.39 is 21.0 Å². The summed E-state index contributed by atoms with van der Waals surface area (Å²) in [4.78, 5) is 24.8. The molecule has 0 N–H and O–H groups in total. The second-order valence-corrected chi connectivity index (χ2v) is 6.68. The Morgan fingerprint density at radius 3 is 2.53 bits per heavy atom. The van der Waals surface area contributed by atoms with E-state index in [0.29, 0.717) is 11.3 Å². The first-order chi connectivity index (χ1) is 8.80. The van der Waals surface area contributed by atoms with Crippen LogP contribution >= 0.6 is 0 Å². The molecular formula is C13H15NO4S. The largest absolute Gasteiger partial charge is 0.313 e. The third-order valence-corrected chi connectivity index (χ3v) is 5.61. The van der Waals surface area contributed by atoms with Gasteiger partial charge in [-0.05, 0) is 31.5 Å². The number of anilines is 1. The molecule has 1 aromatic rings. The average molecular weight is 281 g/mol. The van der Waals surface area contributed by atoms with Crippen LogP contribution in [0.3, 0.4) is 0 Å². The minimum Gasteiger partial charge on any atom is -0.313 e. The van der Waals surface area contributed by atoms with E-state index in [-0.39, 0.29) is 17.1 Å². The van der Waals surface area contributed by atoms with Crippen molar-refractivity contribution in [1.29, 1.82) is 0 Å². The molecule has 0 saturated carbocycles. The fraction of sp³-hybridized carbons (Fsp3) is 0.385. The molecule has 1 aliphatic heterocycles. The quantitative estimate of drug-likeness (QED) is 0.769. The molecule has 1 unspecified atom stereocenters. The van der Waals surface area contributed by atoms with Gasteiger partial charge in [-0.3, -0.25) is 9.59 Å². The van der Waals surface area contributed by atoms with Gasteiger partial charge in [0.2, 0.25) is 5.91 Å². The van der Waals surface area contributed by atoms with Gasteiger partial charge < -0.3 is 4.90 Å². The van der Waals surface area contributed by atoms with Crippen LogP contribution in [-0.2, 0) is 14.6 Å². The van der Waals surface area contributed by atoms with Gasteiger partial charge in [0.25, 0.3) is 0 Å². The summed E-state index contributed by atoms with van der Waals surface area (Å²) in [6.45, 7) is 3.04. The Labute approximate surface area is 112 Å². The summed E-state index contributed by atoms with van der Waals surface area (Å²) in [5, 5.41) is -1.06. The van der Waals surface area contributed by atoms with Crippen LogP contribution in [0, 0.1) is 0 Å². The number of nitrogens with zero attached hydrogens (tertiary/aromatic N) is 1. The zero-order chi connectivity index (χ0) is 14.4. The van der Waals surface area contributed by atoms with Crippen LogP contribution in [-0.4, -0.2) is 32.4 Å². The highest BCUT2D eigenvalue weighted by atomic mass is 32.2. The van der Waals surface area contributed by atoms with E-state index in [1.807, 2.05) is 0 Å². The van der Waals surface area contributed by atoms with E-state index in [2.05, 4.69) is 0 Å². The van der Waals surface area contributed by atoms with Crippen molar-refractivity contribution >= 4 is 27.2 Å². The summed E-state index contributed by atoms with van der Waals surface area (Å²) >= 11 is 0. The third kappa shape index (κ3) is 1.96. The molecule has 1 amide bonds. The Hall–Kier alpha value is -1.69. The summed E-state index contributed by atoms with van der Waals surface area (Å²) in [6, 6.07) is 4.40. The molecule has 0 fully saturated rings. The van der Waals surface area contributed by atoms with E-state index in [0.717, 1.165) is 0 Å². The van der Waals surface area contributed by atoms with Crippen molar-refractivity contribution in [3.63, 3.8) is 0 Å². The van der Waals surface area contributed by atoms with Gasteiger partial charge in [-0.2, -0.15) is 0 Å². The number of fused-ring (bicyclic) bond motifs is 1. The Kier molecular flexibility index (Phi) is 3.22. The summed E-state index contributed by atoms with van der Waals surface area (Å²) in [5.41, 5.74) is 0.666. The van der Waals surface area contributed by atoms with Crippen LogP contribution in [0.4, 0.5) is 5.69 Å². The molecule has 0 spiro atoms. The molecule has 0 aliphatic carbocycles. The molecule has 2 rings (SSSR count). The summed E-state index contributed by atoms with van der Waals surface area (Å²) in [7, 11) is -2.17. The Bertz CT molecular complexity index is 663. The number of ketones is 1. The SMILES string of the molecule is CCC1C(=O)N(C)c2ccc(C(C)=O)cc2S1(=O)=O. The predicted octanol–water partition coefficient (Wildman–Crippen LogP) is 1.42. The molecule has 1 heterocycles. The van der Waals surface area contributed by atoms with E-state index in [4.69, 9.17) is 0 Å². The molecule has 1 atom stereocenters. The first kappa shape index (κ1) is 13.7. The third-order valence-electron chi connectivity index (χ3n) is 3.39. The minimum atomic E-state index is -3.71. The Balaban J connectivity index is 2.74. The molecular weight excluding hydrogens is 266 g/mol. The van der Waals surface area contributed by atoms with Crippen molar-refractivity contribution < 1.29 is 18.0 Å². The van der Waals surface area contributed by atoms with Crippen LogP contribution in [0.1, 0.15) is 30.6 Å². The second-order valence-electron chi connectivity index (χ2n) is 4.58. The topological polar surface area (TPSA) is 71.5 Å². The molecule has 19 heavy (non-hydrogen) atoms. The van der Waals surface area contributed by atoms with Crippen LogP contribution in [0.5, 0.6) is 0 Å². The first-order valence-electron chi connectivity index (χ1n) is 5.97. The lowest BCUT2D eigenvalue weighted by Crippen LogP contribution is -2.45. The molecule has 102 valence electrons. The van der Waals surface area contributed by atoms with Crippen LogP contribution in [0.15, 0.2) is 23.1 Å². The fourth-order valence-electron chi connectivity index (χ4n) is 2.25. The van der Waals surface area contributed by atoms with E-state index >= 15 is 0 Å². The van der Waals surface area contributed by atoms with E-state index in [9.17, 15) is 18.0 Å². The molecule has 0 aromatic heterocycles. The number of sulfone groups is 1. The minimum absolute atomic E-state index is 0.0640. The van der Waals surface area contributed by atoms with E-state index in [1.165, 1.54) is 30.0 Å². The maximum Gasteiger partial charge on any atom is 0.245 e. The molecule has 0 radical (unpaired) electrons. The molecule has 1 aromatic carbocycles. The highest BCUT2D eigenvalue weighted by Gasteiger charge is 2.42. The fourth-order valence-corrected chi connectivity index (χ4v) is 4.21. The van der Waals surface area contributed by atoms with Gasteiger partial charge in [-0.1, -0.05) is 6.92 Å². The van der Waals surface area contributed by atoms with Crippen LogP contribution < -0.4 is 4.90 Å². The molecule has 1 aliphatic rings. The van der Waals surface area contributed by atoms with Gasteiger partial charge in [0.05, 0.1) is 10.6 Å². The smallest absolute Gasteiger partial charge is 0.245 e. The second kappa shape index (κ2) is 4.45. The monoisotopic (exact) mass is 281 g/mol. The standard InChI is InChI=1S/C13H15NO4S/c1-4-11-13(16)14(3)10-6-5-9(8(2)15)7-12(10)19(11,17)18/h5-7,11H,4H2,1-3H3. The number of Topliss-reactive ketones (excluding diaryl/α,β-unsaturated/α-hetero) is 1. The highest BCUT2D eigenvalue weighted by molar-refractivity contribution is 7.93. The Morgan fingerprint density at radius 1 is 1.37 bits per heavy atom. The zero-order valence-electron chi connectivity index (χ0n) is 11.0. The maximum absolute atomic E-state index is 12.4. The normalized spacial score (nSPS) is 21.1. The number of hydrogen-bond donors (Lipinski definition) is 0. The molecule has 0 saturated heterocycles. The van der Waals surface area contributed by atoms with Gasteiger partial charge in [0, 0.05) is 12.6 Å². The van der Waals surface area contributed by atoms with Gasteiger partial charge >= 0.3 is 0 Å². The van der Waals surface area contributed by atoms with Crippen LogP contribution in [0.25, 0.3) is 0 Å². The highest BCUT2D eigenvalue weighted by Crippen LogP contribution is 2.35. The lowest BCUT2D eigenvalue weighted by atomic mass is 10.1. The zero-order valence-corrected chi connectivity index (χ0v) is 11.8. The number of benzene rings is 1. The lowest BCUT2D eigenvalue weighted by Gasteiger charge is -2.31. The molecule has 5 nitrogen and oxygen atoms in total. The number of carbonyl (C=O) groups excluding carboxylic acids is 2. The van der Waals surface area contributed by atoms with Gasteiger partial charge in [-0.25, -0.2) is 8.42 Å². The van der Waals surface area contributed by atoms with Gasteiger partial charge in [0.1, 0.15) is 5.25 Å². The molecule has 6 heteroatoms. The maximum atomic E-state index is 12.4. The van der Waals surface area contributed by atoms with Crippen molar-refractivity contribution in [2.24, 2.45) is 0 Å². The van der Waals surface area contributed by atoms with Gasteiger partial charge in [0.15, 0.2) is 15.6 Å². The van der Waals surface area contributed by atoms with Crippen molar-refractivity contribution in [1.82, 2.24) is 0 Å². The van der Waals surface area contributed by atoms with Crippen molar-refractivity contribution in [3.05, 3.63) is 23.8 Å². The van der Waals surface area contributed by atoms with Crippen molar-refractivity contribution in [2.75, 3.05) is 11.9 Å². The van der Waals surface area contributed by atoms with E-state index in [1.54, 1.807) is 14.0 Å².